The molecule has 94 valence electrons. The molecule has 0 bridgehead atoms. The largest absolute Gasteiger partial charge is 0.305 e. The van der Waals surface area contributed by atoms with E-state index in [4.69, 9.17) is 0 Å². The Balaban J connectivity index is 1.62. The smallest absolute Gasteiger partial charge is 0.0109 e. The maximum Gasteiger partial charge on any atom is 0.0109 e. The van der Waals surface area contributed by atoms with E-state index in [9.17, 15) is 0 Å². The molecular formula is C15H24N2. The molecule has 0 saturated carbocycles. The van der Waals surface area contributed by atoms with Crippen molar-refractivity contribution in [2.75, 3.05) is 39.8 Å². The molecule has 1 fully saturated rings. The topological polar surface area (TPSA) is 6.48 Å². The lowest BCUT2D eigenvalue weighted by Gasteiger charge is -2.21. The molecule has 1 aliphatic rings. The van der Waals surface area contributed by atoms with Gasteiger partial charge in [0.1, 0.15) is 0 Å². The van der Waals surface area contributed by atoms with E-state index in [1.807, 2.05) is 0 Å². The summed E-state index contributed by atoms with van der Waals surface area (Å²) in [5.41, 5.74) is 1.44. The fourth-order valence-electron chi connectivity index (χ4n) is 2.39. The van der Waals surface area contributed by atoms with E-state index in [-0.39, 0.29) is 0 Å². The van der Waals surface area contributed by atoms with Crippen molar-refractivity contribution in [3.63, 3.8) is 0 Å². The summed E-state index contributed by atoms with van der Waals surface area (Å²) in [6.07, 6.45) is 3.96. The maximum absolute atomic E-state index is 2.58. The van der Waals surface area contributed by atoms with Crippen molar-refractivity contribution < 1.29 is 0 Å². The monoisotopic (exact) mass is 232 g/mol. The van der Waals surface area contributed by atoms with Crippen molar-refractivity contribution in [2.45, 2.75) is 19.3 Å². The number of benzene rings is 1. The van der Waals surface area contributed by atoms with Crippen molar-refractivity contribution in [1.82, 2.24) is 9.80 Å². The molecule has 0 radical (unpaired) electrons. The molecule has 0 aromatic heterocycles. The molecule has 0 spiro atoms. The third-order valence-corrected chi connectivity index (χ3v) is 3.62. The van der Waals surface area contributed by atoms with Crippen molar-refractivity contribution in [3.05, 3.63) is 35.9 Å². The fourth-order valence-corrected chi connectivity index (χ4v) is 2.39. The van der Waals surface area contributed by atoms with Crippen molar-refractivity contribution in [2.24, 2.45) is 0 Å². The number of hydrogen-bond acceptors (Lipinski definition) is 2. The zero-order valence-corrected chi connectivity index (χ0v) is 10.9. The highest BCUT2D eigenvalue weighted by Crippen LogP contribution is 2.06. The molecule has 1 heterocycles. The number of nitrogens with zero attached hydrogens (tertiary/aromatic N) is 2. The fraction of sp³-hybridized carbons (Fsp3) is 0.600. The van der Waals surface area contributed by atoms with Crippen LogP contribution in [0.2, 0.25) is 0 Å². The average Bonchev–Trinajstić information content (AvgIpc) is 2.88. The Morgan fingerprint density at radius 2 is 1.76 bits per heavy atom. The first kappa shape index (κ1) is 12.6. The zero-order valence-electron chi connectivity index (χ0n) is 10.9. The van der Waals surface area contributed by atoms with Gasteiger partial charge in [-0.2, -0.15) is 0 Å². The van der Waals surface area contributed by atoms with Crippen LogP contribution in [0.25, 0.3) is 0 Å². The first-order chi connectivity index (χ1) is 8.34. The quantitative estimate of drug-likeness (QED) is 0.742. The maximum atomic E-state index is 2.58. The van der Waals surface area contributed by atoms with Crippen molar-refractivity contribution in [3.8, 4) is 0 Å². The average molecular weight is 232 g/mol. The minimum Gasteiger partial charge on any atom is -0.305 e. The molecule has 0 aliphatic carbocycles. The lowest BCUT2D eigenvalue weighted by molar-refractivity contribution is 0.259. The summed E-state index contributed by atoms with van der Waals surface area (Å²) in [5.74, 6) is 0. The van der Waals surface area contributed by atoms with Gasteiger partial charge in [0.15, 0.2) is 0 Å². The molecule has 1 aromatic rings. The van der Waals surface area contributed by atoms with E-state index in [1.54, 1.807) is 0 Å². The van der Waals surface area contributed by atoms with E-state index in [0.717, 1.165) is 13.0 Å². The second kappa shape index (κ2) is 6.77. The van der Waals surface area contributed by atoms with Gasteiger partial charge in [0.2, 0.25) is 0 Å². The molecule has 0 unspecified atom stereocenters. The van der Waals surface area contributed by atoms with Gasteiger partial charge in [-0.3, -0.25) is 0 Å². The van der Waals surface area contributed by atoms with Gasteiger partial charge in [0.05, 0.1) is 0 Å². The lowest BCUT2D eigenvalue weighted by atomic mass is 10.1. The summed E-state index contributed by atoms with van der Waals surface area (Å²) in [7, 11) is 2.24. The molecule has 1 saturated heterocycles. The summed E-state index contributed by atoms with van der Waals surface area (Å²) in [6.45, 7) is 6.23. The zero-order chi connectivity index (χ0) is 11.9. The third-order valence-electron chi connectivity index (χ3n) is 3.62. The van der Waals surface area contributed by atoms with Crippen LogP contribution in [0.1, 0.15) is 18.4 Å². The van der Waals surface area contributed by atoms with Crippen molar-refractivity contribution in [1.29, 1.82) is 0 Å². The number of likely N-dealkylation sites (tertiary alicyclic amines) is 1. The van der Waals surface area contributed by atoms with Crippen LogP contribution in [0.15, 0.2) is 30.3 Å². The van der Waals surface area contributed by atoms with Crippen LogP contribution in [0, 0.1) is 0 Å². The molecule has 17 heavy (non-hydrogen) atoms. The van der Waals surface area contributed by atoms with Gasteiger partial charge < -0.3 is 9.80 Å². The highest BCUT2D eigenvalue weighted by atomic mass is 15.2. The van der Waals surface area contributed by atoms with E-state index in [0.29, 0.717) is 0 Å². The number of likely N-dealkylation sites (N-methyl/N-ethyl adjacent to an activating group) is 1. The molecular weight excluding hydrogens is 208 g/mol. The van der Waals surface area contributed by atoms with Gasteiger partial charge in [-0.1, -0.05) is 30.3 Å². The Hall–Kier alpha value is -0.860. The Bertz CT molecular complexity index is 304. The summed E-state index contributed by atoms with van der Waals surface area (Å²) in [5, 5.41) is 0. The summed E-state index contributed by atoms with van der Waals surface area (Å²) in [4.78, 5) is 5.03. The first-order valence-corrected chi connectivity index (χ1v) is 6.79. The molecule has 1 aliphatic heterocycles. The van der Waals surface area contributed by atoms with Gasteiger partial charge >= 0.3 is 0 Å². The molecule has 0 atom stereocenters. The van der Waals surface area contributed by atoms with Gasteiger partial charge in [-0.25, -0.2) is 0 Å². The molecule has 2 rings (SSSR count). The predicted octanol–water partition coefficient (Wildman–Crippen LogP) is 2.26. The van der Waals surface area contributed by atoms with Crippen LogP contribution in [0.3, 0.4) is 0 Å². The van der Waals surface area contributed by atoms with Crippen LogP contribution in [-0.4, -0.2) is 49.6 Å². The normalized spacial score (nSPS) is 16.8. The van der Waals surface area contributed by atoms with E-state index in [2.05, 4.69) is 47.2 Å². The van der Waals surface area contributed by atoms with Gasteiger partial charge in [0, 0.05) is 19.6 Å². The standard InChI is InChI=1S/C15H24N2/c1-16(13-14-17-10-5-6-11-17)12-9-15-7-3-2-4-8-15/h2-4,7-8H,5-6,9-14H2,1H3. The Labute approximate surface area is 105 Å². The van der Waals surface area contributed by atoms with Crippen LogP contribution in [-0.2, 0) is 6.42 Å². The number of hydrogen-bond donors (Lipinski definition) is 0. The third kappa shape index (κ3) is 4.49. The first-order valence-electron chi connectivity index (χ1n) is 6.79. The molecule has 1 aromatic carbocycles. The lowest BCUT2D eigenvalue weighted by Crippen LogP contribution is -2.32. The van der Waals surface area contributed by atoms with Crippen LogP contribution >= 0.6 is 0 Å². The molecule has 2 nitrogen and oxygen atoms in total. The summed E-state index contributed by atoms with van der Waals surface area (Å²) in [6, 6.07) is 10.8. The van der Waals surface area contributed by atoms with Crippen LogP contribution < -0.4 is 0 Å². The summed E-state index contributed by atoms with van der Waals surface area (Å²) < 4.78 is 0. The second-order valence-corrected chi connectivity index (χ2v) is 5.09. The van der Waals surface area contributed by atoms with Crippen LogP contribution in [0.4, 0.5) is 0 Å². The Morgan fingerprint density at radius 1 is 1.06 bits per heavy atom. The van der Waals surface area contributed by atoms with Crippen molar-refractivity contribution >= 4 is 0 Å². The van der Waals surface area contributed by atoms with E-state index >= 15 is 0 Å². The van der Waals surface area contributed by atoms with E-state index in [1.165, 1.54) is 44.6 Å². The summed E-state index contributed by atoms with van der Waals surface area (Å²) >= 11 is 0. The van der Waals surface area contributed by atoms with E-state index < -0.39 is 0 Å². The molecule has 0 amide bonds. The van der Waals surface area contributed by atoms with Gasteiger partial charge in [0.25, 0.3) is 0 Å². The molecule has 2 heteroatoms. The van der Waals surface area contributed by atoms with Crippen LogP contribution in [0.5, 0.6) is 0 Å². The SMILES string of the molecule is CN(CCc1ccccc1)CCN1CCCC1. The minimum atomic E-state index is 1.16. The predicted molar refractivity (Wildman–Crippen MR) is 73.3 cm³/mol. The highest BCUT2D eigenvalue weighted by Gasteiger charge is 2.11. The molecule has 0 N–H and O–H groups in total. The Kier molecular flexibility index (Phi) is 5.02. The second-order valence-electron chi connectivity index (χ2n) is 5.09. The minimum absolute atomic E-state index is 1.16. The Morgan fingerprint density at radius 3 is 2.47 bits per heavy atom. The highest BCUT2D eigenvalue weighted by molar-refractivity contribution is 5.14. The van der Waals surface area contributed by atoms with Gasteiger partial charge in [-0.05, 0) is 45.0 Å². The number of rotatable bonds is 6. The van der Waals surface area contributed by atoms with Gasteiger partial charge in [-0.15, -0.1) is 0 Å².